The Hall–Kier alpha value is -1.32. The molecule has 1 aromatic rings. The summed E-state index contributed by atoms with van der Waals surface area (Å²) in [6.07, 6.45) is 1.35. The van der Waals surface area contributed by atoms with Crippen molar-refractivity contribution >= 4 is 5.97 Å². The maximum Gasteiger partial charge on any atom is 0.354 e. The maximum absolute atomic E-state index is 10.3. The van der Waals surface area contributed by atoms with E-state index in [1.807, 2.05) is 6.92 Å². The summed E-state index contributed by atoms with van der Waals surface area (Å²) in [5, 5.41) is 12.2. The predicted octanol–water partition coefficient (Wildman–Crippen LogP) is 0.401. The molecule has 1 rings (SSSR count). The van der Waals surface area contributed by atoms with E-state index in [1.54, 1.807) is 0 Å². The molecule has 0 aliphatic carbocycles. The van der Waals surface area contributed by atoms with E-state index in [4.69, 9.17) is 5.11 Å². The Kier molecular flexibility index (Phi) is 1.71. The van der Waals surface area contributed by atoms with E-state index in [9.17, 15) is 4.79 Å². The third-order valence-corrected chi connectivity index (χ3v) is 1.16. The first-order valence-electron chi connectivity index (χ1n) is 2.92. The molecule has 0 fully saturated rings. The molecule has 0 spiro atoms. The van der Waals surface area contributed by atoms with Crippen LogP contribution in [0.1, 0.15) is 17.4 Å². The van der Waals surface area contributed by atoms with Gasteiger partial charge in [-0.05, 0) is 6.92 Å². The van der Waals surface area contributed by atoms with Crippen molar-refractivity contribution in [2.24, 2.45) is 0 Å². The smallest absolute Gasteiger partial charge is 0.354 e. The fourth-order valence-corrected chi connectivity index (χ4v) is 0.704. The van der Waals surface area contributed by atoms with Crippen LogP contribution >= 0.6 is 0 Å². The minimum absolute atomic E-state index is 0.113. The van der Waals surface area contributed by atoms with Gasteiger partial charge in [-0.25, -0.2) is 4.79 Å². The van der Waals surface area contributed by atoms with Gasteiger partial charge in [0.25, 0.3) is 0 Å². The minimum atomic E-state index is -0.987. The molecule has 0 saturated carbocycles. The highest BCUT2D eigenvalue weighted by molar-refractivity contribution is 5.85. The molecule has 53 valence electrons. The van der Waals surface area contributed by atoms with E-state index in [0.29, 0.717) is 6.54 Å². The Morgan fingerprint density at radius 2 is 2.70 bits per heavy atom. The Bertz CT molecular complexity index is 242. The van der Waals surface area contributed by atoms with Crippen LogP contribution in [0.3, 0.4) is 0 Å². The standard InChI is InChI=1S/C6H7N2O2/c1-2-8-5(6(9)10)3-4-7-8/h4H,2H2,1H3,(H,9,10). The molecular formula is C6H7N2O2. The molecule has 0 unspecified atom stereocenters. The van der Waals surface area contributed by atoms with Gasteiger partial charge >= 0.3 is 5.97 Å². The number of carboxylic acids is 1. The molecule has 0 bridgehead atoms. The fourth-order valence-electron chi connectivity index (χ4n) is 0.704. The molecule has 4 nitrogen and oxygen atoms in total. The number of hydrogen-bond acceptors (Lipinski definition) is 2. The van der Waals surface area contributed by atoms with E-state index < -0.39 is 5.97 Å². The van der Waals surface area contributed by atoms with Gasteiger partial charge in [-0.15, -0.1) is 0 Å². The van der Waals surface area contributed by atoms with Gasteiger partial charge in [0.05, 0.1) is 6.20 Å². The highest BCUT2D eigenvalue weighted by Crippen LogP contribution is 1.95. The van der Waals surface area contributed by atoms with E-state index in [1.165, 1.54) is 10.9 Å². The average Bonchev–Trinajstić information content (AvgIpc) is 2.33. The molecular weight excluding hydrogens is 132 g/mol. The molecule has 1 N–H and O–H groups in total. The summed E-state index contributed by atoms with van der Waals surface area (Å²) in [5.74, 6) is -0.987. The van der Waals surface area contributed by atoms with Crippen LogP contribution in [0.25, 0.3) is 0 Å². The molecule has 0 aromatic carbocycles. The number of hydrogen-bond donors (Lipinski definition) is 1. The van der Waals surface area contributed by atoms with Crippen LogP contribution in [-0.4, -0.2) is 20.9 Å². The molecule has 4 heteroatoms. The van der Waals surface area contributed by atoms with Gasteiger partial charge in [0.1, 0.15) is 0 Å². The van der Waals surface area contributed by atoms with Crippen molar-refractivity contribution in [1.29, 1.82) is 0 Å². The average molecular weight is 139 g/mol. The molecule has 0 amide bonds. The van der Waals surface area contributed by atoms with Gasteiger partial charge in [-0.1, -0.05) is 0 Å². The summed E-state index contributed by atoms with van der Waals surface area (Å²) in [5.41, 5.74) is 0.113. The Balaban J connectivity index is 3.01. The molecule has 0 atom stereocenters. The zero-order valence-electron chi connectivity index (χ0n) is 5.53. The van der Waals surface area contributed by atoms with Gasteiger partial charge in [0.15, 0.2) is 5.69 Å². The second kappa shape index (κ2) is 2.51. The summed E-state index contributed by atoms with van der Waals surface area (Å²) >= 11 is 0. The van der Waals surface area contributed by atoms with Gasteiger partial charge in [0, 0.05) is 12.6 Å². The van der Waals surface area contributed by atoms with Crippen LogP contribution < -0.4 is 0 Å². The Morgan fingerprint density at radius 1 is 2.00 bits per heavy atom. The van der Waals surface area contributed by atoms with Crippen molar-refractivity contribution in [2.75, 3.05) is 0 Å². The first kappa shape index (κ1) is 6.80. The van der Waals surface area contributed by atoms with E-state index in [0.717, 1.165) is 0 Å². The first-order valence-corrected chi connectivity index (χ1v) is 2.92. The molecule has 0 aliphatic heterocycles. The summed E-state index contributed by atoms with van der Waals surface area (Å²) < 4.78 is 1.38. The molecule has 1 radical (unpaired) electrons. The van der Waals surface area contributed by atoms with Crippen molar-refractivity contribution in [3.8, 4) is 0 Å². The SMILES string of the molecule is CCn1nc[c]c1C(=O)O. The van der Waals surface area contributed by atoms with Gasteiger partial charge in [-0.3, -0.25) is 4.68 Å². The lowest BCUT2D eigenvalue weighted by molar-refractivity contribution is 0.0683. The van der Waals surface area contributed by atoms with Crippen LogP contribution in [0.5, 0.6) is 0 Å². The van der Waals surface area contributed by atoms with Crippen LogP contribution in [0.4, 0.5) is 0 Å². The third kappa shape index (κ3) is 1.00. The zero-order valence-corrected chi connectivity index (χ0v) is 5.53. The highest BCUT2D eigenvalue weighted by atomic mass is 16.4. The lowest BCUT2D eigenvalue weighted by Crippen LogP contribution is -2.08. The summed E-state index contributed by atoms with van der Waals surface area (Å²) in [6, 6.07) is 2.51. The molecule has 10 heavy (non-hydrogen) atoms. The maximum atomic E-state index is 10.3. The van der Waals surface area contributed by atoms with Crippen LogP contribution in [0, 0.1) is 6.07 Å². The highest BCUT2D eigenvalue weighted by Gasteiger charge is 2.07. The lowest BCUT2D eigenvalue weighted by Gasteiger charge is -1.96. The van der Waals surface area contributed by atoms with Gasteiger partial charge in [-0.2, -0.15) is 5.10 Å². The van der Waals surface area contributed by atoms with Gasteiger partial charge in [0.2, 0.25) is 0 Å². The summed E-state index contributed by atoms with van der Waals surface area (Å²) in [7, 11) is 0. The second-order valence-electron chi connectivity index (χ2n) is 1.76. The molecule has 0 aliphatic rings. The van der Waals surface area contributed by atoms with E-state index >= 15 is 0 Å². The number of carboxylic acid groups (broad SMARTS) is 1. The van der Waals surface area contributed by atoms with Crippen LogP contribution in [-0.2, 0) is 6.54 Å². The number of nitrogens with zero attached hydrogens (tertiary/aromatic N) is 2. The summed E-state index contributed by atoms with van der Waals surface area (Å²) in [4.78, 5) is 10.3. The topological polar surface area (TPSA) is 55.1 Å². The normalized spacial score (nSPS) is 9.70. The van der Waals surface area contributed by atoms with Crippen molar-refractivity contribution in [3.63, 3.8) is 0 Å². The fraction of sp³-hybridized carbons (Fsp3) is 0.333. The number of rotatable bonds is 2. The van der Waals surface area contributed by atoms with Crippen molar-refractivity contribution in [1.82, 2.24) is 9.78 Å². The largest absolute Gasteiger partial charge is 0.477 e. The van der Waals surface area contributed by atoms with Crippen molar-refractivity contribution in [2.45, 2.75) is 13.5 Å². The number of aromatic carboxylic acids is 1. The third-order valence-electron chi connectivity index (χ3n) is 1.16. The molecule has 1 heterocycles. The Labute approximate surface area is 58.1 Å². The zero-order chi connectivity index (χ0) is 7.56. The Morgan fingerprint density at radius 3 is 3.10 bits per heavy atom. The van der Waals surface area contributed by atoms with E-state index in [2.05, 4.69) is 11.2 Å². The minimum Gasteiger partial charge on any atom is -0.477 e. The number of aromatic nitrogens is 2. The van der Waals surface area contributed by atoms with E-state index in [-0.39, 0.29) is 5.69 Å². The summed E-state index contributed by atoms with van der Waals surface area (Å²) in [6.45, 7) is 2.39. The molecule has 1 aromatic heterocycles. The van der Waals surface area contributed by atoms with Crippen molar-refractivity contribution < 1.29 is 9.90 Å². The first-order chi connectivity index (χ1) is 4.75. The van der Waals surface area contributed by atoms with Crippen LogP contribution in [0.2, 0.25) is 0 Å². The monoisotopic (exact) mass is 139 g/mol. The quantitative estimate of drug-likeness (QED) is 0.645. The number of aryl methyl sites for hydroxylation is 1. The molecule has 0 saturated heterocycles. The van der Waals surface area contributed by atoms with Crippen LogP contribution in [0.15, 0.2) is 6.20 Å². The second-order valence-corrected chi connectivity index (χ2v) is 1.76. The lowest BCUT2D eigenvalue weighted by atomic mass is 10.4. The predicted molar refractivity (Wildman–Crippen MR) is 33.7 cm³/mol. The number of carbonyl (C=O) groups is 1. The van der Waals surface area contributed by atoms with Gasteiger partial charge < -0.3 is 5.11 Å². The van der Waals surface area contributed by atoms with Crippen molar-refractivity contribution in [3.05, 3.63) is 18.0 Å².